The van der Waals surface area contributed by atoms with Gasteiger partial charge in [0.15, 0.2) is 18.1 Å². The van der Waals surface area contributed by atoms with Gasteiger partial charge in [-0.05, 0) is 36.4 Å². The van der Waals surface area contributed by atoms with Gasteiger partial charge in [-0.1, -0.05) is 18.2 Å². The zero-order valence-electron chi connectivity index (χ0n) is 14.9. The standard InChI is InChI=1S/C20H18N2O5/c1-25-17-11-14(7-9-16(17)27-12-19(23)26-2)20(24)22-18-10-8-13-5-3-4-6-15(13)21-18/h3-11H,12H2,1-2H3,(H,21,22,24). The van der Waals surface area contributed by atoms with Gasteiger partial charge in [0.1, 0.15) is 5.82 Å². The van der Waals surface area contributed by atoms with Crippen molar-refractivity contribution in [3.8, 4) is 11.5 Å². The number of carbonyl (C=O) groups excluding carboxylic acids is 2. The summed E-state index contributed by atoms with van der Waals surface area (Å²) in [5, 5.41) is 3.75. The second-order valence-electron chi connectivity index (χ2n) is 5.57. The zero-order chi connectivity index (χ0) is 19.2. The van der Waals surface area contributed by atoms with E-state index in [0.717, 1.165) is 10.9 Å². The summed E-state index contributed by atoms with van der Waals surface area (Å²) in [5.41, 5.74) is 1.16. The Bertz CT molecular complexity index is 987. The molecule has 3 aromatic rings. The summed E-state index contributed by atoms with van der Waals surface area (Å²) in [6.07, 6.45) is 0. The molecule has 0 unspecified atom stereocenters. The van der Waals surface area contributed by atoms with Crippen molar-refractivity contribution in [1.82, 2.24) is 4.98 Å². The lowest BCUT2D eigenvalue weighted by molar-refractivity contribution is -0.142. The maximum Gasteiger partial charge on any atom is 0.343 e. The number of pyridine rings is 1. The summed E-state index contributed by atoms with van der Waals surface area (Å²) in [4.78, 5) is 28.1. The van der Waals surface area contributed by atoms with Crippen molar-refractivity contribution < 1.29 is 23.8 Å². The molecule has 7 nitrogen and oxygen atoms in total. The Morgan fingerprint density at radius 2 is 1.81 bits per heavy atom. The maximum absolute atomic E-state index is 12.5. The van der Waals surface area contributed by atoms with Crippen molar-refractivity contribution in [2.75, 3.05) is 26.1 Å². The number of ether oxygens (including phenoxy) is 3. The van der Waals surface area contributed by atoms with Gasteiger partial charge in [-0.3, -0.25) is 4.79 Å². The van der Waals surface area contributed by atoms with Crippen LogP contribution < -0.4 is 14.8 Å². The predicted octanol–water partition coefficient (Wildman–Crippen LogP) is 3.05. The van der Waals surface area contributed by atoms with Crippen LogP contribution in [0, 0.1) is 0 Å². The van der Waals surface area contributed by atoms with Crippen molar-refractivity contribution in [1.29, 1.82) is 0 Å². The highest BCUT2D eigenvalue weighted by Gasteiger charge is 2.13. The number of para-hydroxylation sites is 1. The van der Waals surface area contributed by atoms with E-state index in [0.29, 0.717) is 22.9 Å². The number of benzene rings is 2. The first-order valence-corrected chi connectivity index (χ1v) is 8.15. The van der Waals surface area contributed by atoms with E-state index in [-0.39, 0.29) is 12.5 Å². The number of rotatable bonds is 6. The molecule has 7 heteroatoms. The Kier molecular flexibility index (Phi) is 5.51. The fourth-order valence-electron chi connectivity index (χ4n) is 2.45. The number of amides is 1. The van der Waals surface area contributed by atoms with Crippen LogP contribution in [0.25, 0.3) is 10.9 Å². The van der Waals surface area contributed by atoms with Crippen LogP contribution in [0.2, 0.25) is 0 Å². The Morgan fingerprint density at radius 1 is 1.00 bits per heavy atom. The van der Waals surface area contributed by atoms with E-state index in [9.17, 15) is 9.59 Å². The molecule has 1 heterocycles. The molecule has 0 bridgehead atoms. The molecule has 0 saturated carbocycles. The molecule has 0 atom stereocenters. The molecule has 0 radical (unpaired) electrons. The van der Waals surface area contributed by atoms with E-state index in [1.807, 2.05) is 30.3 Å². The summed E-state index contributed by atoms with van der Waals surface area (Å²) in [5.74, 6) is 0.266. The molecule has 0 aliphatic rings. The third kappa shape index (κ3) is 4.33. The van der Waals surface area contributed by atoms with Gasteiger partial charge >= 0.3 is 5.97 Å². The van der Waals surface area contributed by atoms with Crippen LogP contribution in [-0.2, 0) is 9.53 Å². The highest BCUT2D eigenvalue weighted by Crippen LogP contribution is 2.28. The molecule has 0 aliphatic carbocycles. The molecule has 0 spiro atoms. The Balaban J connectivity index is 1.76. The fourth-order valence-corrected chi connectivity index (χ4v) is 2.45. The average Bonchev–Trinajstić information content (AvgIpc) is 2.71. The normalized spacial score (nSPS) is 10.3. The lowest BCUT2D eigenvalue weighted by atomic mass is 10.2. The highest BCUT2D eigenvalue weighted by atomic mass is 16.6. The van der Waals surface area contributed by atoms with Crippen LogP contribution in [0.4, 0.5) is 5.82 Å². The first-order valence-electron chi connectivity index (χ1n) is 8.15. The van der Waals surface area contributed by atoms with Crippen LogP contribution in [0.1, 0.15) is 10.4 Å². The zero-order valence-corrected chi connectivity index (χ0v) is 14.9. The number of carbonyl (C=O) groups is 2. The van der Waals surface area contributed by atoms with E-state index >= 15 is 0 Å². The third-order valence-corrected chi connectivity index (χ3v) is 3.84. The van der Waals surface area contributed by atoms with Crippen LogP contribution in [0.3, 0.4) is 0 Å². The van der Waals surface area contributed by atoms with Gasteiger partial charge in [0.2, 0.25) is 0 Å². The minimum Gasteiger partial charge on any atom is -0.493 e. The molecule has 0 fully saturated rings. The van der Waals surface area contributed by atoms with Gasteiger partial charge in [-0.15, -0.1) is 0 Å². The second-order valence-corrected chi connectivity index (χ2v) is 5.57. The minimum atomic E-state index is -0.513. The molecule has 1 amide bonds. The van der Waals surface area contributed by atoms with Gasteiger partial charge in [-0.25, -0.2) is 9.78 Å². The van der Waals surface area contributed by atoms with E-state index in [4.69, 9.17) is 9.47 Å². The van der Waals surface area contributed by atoms with Gasteiger partial charge < -0.3 is 19.5 Å². The number of anilines is 1. The Hall–Kier alpha value is -3.61. The van der Waals surface area contributed by atoms with E-state index in [1.165, 1.54) is 20.3 Å². The maximum atomic E-state index is 12.5. The number of aromatic nitrogens is 1. The van der Waals surface area contributed by atoms with E-state index in [2.05, 4.69) is 15.0 Å². The number of esters is 1. The second kappa shape index (κ2) is 8.18. The van der Waals surface area contributed by atoms with Crippen LogP contribution >= 0.6 is 0 Å². The Morgan fingerprint density at radius 3 is 2.59 bits per heavy atom. The summed E-state index contributed by atoms with van der Waals surface area (Å²) in [7, 11) is 2.73. The molecule has 0 aliphatic heterocycles. The summed E-state index contributed by atoms with van der Waals surface area (Å²) in [6, 6.07) is 15.9. The van der Waals surface area contributed by atoms with Crippen molar-refractivity contribution >= 4 is 28.6 Å². The molecule has 1 N–H and O–H groups in total. The summed E-state index contributed by atoms with van der Waals surface area (Å²) in [6.45, 7) is -0.251. The largest absolute Gasteiger partial charge is 0.493 e. The van der Waals surface area contributed by atoms with Crippen molar-refractivity contribution in [3.05, 3.63) is 60.2 Å². The highest BCUT2D eigenvalue weighted by molar-refractivity contribution is 6.04. The number of nitrogens with one attached hydrogen (secondary N) is 1. The quantitative estimate of drug-likeness (QED) is 0.675. The fraction of sp³-hybridized carbons (Fsp3) is 0.150. The van der Waals surface area contributed by atoms with Gasteiger partial charge in [-0.2, -0.15) is 0 Å². The van der Waals surface area contributed by atoms with Crippen molar-refractivity contribution in [2.45, 2.75) is 0 Å². The van der Waals surface area contributed by atoms with Crippen LogP contribution in [0.15, 0.2) is 54.6 Å². The molecule has 3 rings (SSSR count). The third-order valence-electron chi connectivity index (χ3n) is 3.84. The number of fused-ring (bicyclic) bond motifs is 1. The number of nitrogens with zero attached hydrogens (tertiary/aromatic N) is 1. The topological polar surface area (TPSA) is 86.8 Å². The molecule has 2 aromatic carbocycles. The molecular formula is C20H18N2O5. The number of hydrogen-bond acceptors (Lipinski definition) is 6. The SMILES string of the molecule is COC(=O)COc1ccc(C(=O)Nc2ccc3ccccc3n2)cc1OC. The lowest BCUT2D eigenvalue weighted by Crippen LogP contribution is -2.15. The molecule has 27 heavy (non-hydrogen) atoms. The van der Waals surface area contributed by atoms with E-state index in [1.54, 1.807) is 18.2 Å². The van der Waals surface area contributed by atoms with Crippen LogP contribution in [0.5, 0.6) is 11.5 Å². The van der Waals surface area contributed by atoms with Gasteiger partial charge in [0.25, 0.3) is 5.91 Å². The Labute approximate surface area is 155 Å². The summed E-state index contributed by atoms with van der Waals surface area (Å²) < 4.78 is 15.1. The van der Waals surface area contributed by atoms with Crippen molar-refractivity contribution in [2.24, 2.45) is 0 Å². The minimum absolute atomic E-state index is 0.251. The van der Waals surface area contributed by atoms with E-state index < -0.39 is 5.97 Å². The molecule has 1 aromatic heterocycles. The van der Waals surface area contributed by atoms with Crippen LogP contribution in [-0.4, -0.2) is 37.7 Å². The monoisotopic (exact) mass is 366 g/mol. The predicted molar refractivity (Wildman–Crippen MR) is 100 cm³/mol. The average molecular weight is 366 g/mol. The smallest absolute Gasteiger partial charge is 0.343 e. The first-order chi connectivity index (χ1) is 13.1. The first kappa shape index (κ1) is 18.2. The summed E-state index contributed by atoms with van der Waals surface area (Å²) >= 11 is 0. The molecule has 0 saturated heterocycles. The lowest BCUT2D eigenvalue weighted by Gasteiger charge is -2.11. The van der Waals surface area contributed by atoms with Crippen molar-refractivity contribution in [3.63, 3.8) is 0 Å². The van der Waals surface area contributed by atoms with Gasteiger partial charge in [0, 0.05) is 10.9 Å². The number of hydrogen-bond donors (Lipinski definition) is 1. The molecular weight excluding hydrogens is 348 g/mol. The number of methoxy groups -OCH3 is 2. The molecule has 138 valence electrons. The van der Waals surface area contributed by atoms with Gasteiger partial charge in [0.05, 0.1) is 19.7 Å².